The second kappa shape index (κ2) is 21.8. The standard InChI is InChI=1S/C32H35O3S.C29H33O3S/c1-22-13-29(36(27-9-5-3-6-10-27)28-11-7-4-8-12-28)14-23(2)31(22)34-21-30(33)35-32-18-24-15-25(19-32)17-26(16-24)20-32;1-4-29(17-11-12-18-29)31-21-27(30)32-28-22(2)19-26(20-23(28)3)33(24-13-7-5-8-14-24)25-15-9-6-10-16-25/h3-14,24-26H,15-21H2,1-2H3;5-10,13-16,19-20H,4,11-12,17-18,21H2,1-3H3/q2*+1. The fourth-order valence-corrected chi connectivity index (χ4v) is 16.5. The van der Waals surface area contributed by atoms with Crippen molar-refractivity contribution in [3.63, 3.8) is 0 Å². The largest absolute Gasteiger partial charge is 0.481 e. The van der Waals surface area contributed by atoms with Crippen molar-refractivity contribution < 1.29 is 28.5 Å². The predicted octanol–water partition coefficient (Wildman–Crippen LogP) is 14.3. The number of esters is 2. The Morgan fingerprint density at radius 2 is 0.884 bits per heavy atom. The van der Waals surface area contributed by atoms with Crippen molar-refractivity contribution in [2.24, 2.45) is 17.8 Å². The first-order valence-corrected chi connectivity index (χ1v) is 27.5. The molecule has 0 atom stereocenters. The van der Waals surface area contributed by atoms with E-state index in [-0.39, 0.29) is 58.1 Å². The van der Waals surface area contributed by atoms with Crippen LogP contribution in [0.2, 0.25) is 0 Å². The first-order valence-electron chi connectivity index (χ1n) is 25.1. The molecule has 358 valence electrons. The van der Waals surface area contributed by atoms with E-state index in [1.807, 2.05) is 26.0 Å². The molecule has 0 N–H and O–H groups in total. The molecule has 0 heterocycles. The summed E-state index contributed by atoms with van der Waals surface area (Å²) in [6.45, 7) is 10.3. The molecule has 8 heteroatoms. The van der Waals surface area contributed by atoms with E-state index in [0.29, 0.717) is 5.75 Å². The van der Waals surface area contributed by atoms with Crippen LogP contribution in [0.3, 0.4) is 0 Å². The van der Waals surface area contributed by atoms with Crippen LogP contribution in [0.5, 0.6) is 11.5 Å². The molecule has 5 saturated carbocycles. The van der Waals surface area contributed by atoms with Gasteiger partial charge in [0.1, 0.15) is 23.7 Å². The van der Waals surface area contributed by atoms with Gasteiger partial charge in [0.05, 0.1) is 27.4 Å². The Kier molecular flexibility index (Phi) is 15.4. The van der Waals surface area contributed by atoms with E-state index >= 15 is 0 Å². The van der Waals surface area contributed by atoms with E-state index < -0.39 is 0 Å². The average molecular weight is 961 g/mol. The molecule has 0 saturated heterocycles. The average Bonchev–Trinajstić information content (AvgIpc) is 3.83. The first-order chi connectivity index (χ1) is 33.5. The molecule has 6 aromatic rings. The van der Waals surface area contributed by atoms with Crippen LogP contribution in [0.1, 0.15) is 99.8 Å². The van der Waals surface area contributed by atoms with E-state index in [1.54, 1.807) is 0 Å². The third kappa shape index (κ3) is 11.5. The molecule has 6 nitrogen and oxygen atoms in total. The quantitative estimate of drug-likeness (QED) is 0.0580. The van der Waals surface area contributed by atoms with Crippen LogP contribution in [0.4, 0.5) is 0 Å². The van der Waals surface area contributed by atoms with Gasteiger partial charge < -0.3 is 18.9 Å². The van der Waals surface area contributed by atoms with Gasteiger partial charge in [-0.2, -0.15) is 0 Å². The smallest absolute Gasteiger partial charge is 0.344 e. The van der Waals surface area contributed by atoms with Crippen LogP contribution in [-0.2, 0) is 40.9 Å². The minimum absolute atomic E-state index is 0.00682. The molecular weight excluding hydrogens is 893 g/mol. The first kappa shape index (κ1) is 48.7. The van der Waals surface area contributed by atoms with Gasteiger partial charge in [-0.25, -0.2) is 9.59 Å². The van der Waals surface area contributed by atoms with E-state index in [4.69, 9.17) is 18.9 Å². The fourth-order valence-electron chi connectivity index (χ4n) is 12.0. The van der Waals surface area contributed by atoms with Gasteiger partial charge in [0.15, 0.2) is 36.0 Å². The Hall–Kier alpha value is -5.28. The van der Waals surface area contributed by atoms with Gasteiger partial charge >= 0.3 is 11.9 Å². The summed E-state index contributed by atoms with van der Waals surface area (Å²) in [6, 6.07) is 51.2. The highest BCUT2D eigenvalue weighted by molar-refractivity contribution is 7.97. The second-order valence-corrected chi connectivity index (χ2v) is 24.1. The van der Waals surface area contributed by atoms with E-state index in [2.05, 4.69) is 154 Å². The highest BCUT2D eigenvalue weighted by Gasteiger charge is 2.53. The molecular formula is C61H68O6S2+2. The number of aryl methyl sites for hydroxylation is 4. The van der Waals surface area contributed by atoms with Gasteiger partial charge in [0.2, 0.25) is 0 Å². The Morgan fingerprint density at radius 1 is 0.507 bits per heavy atom. The van der Waals surface area contributed by atoms with Crippen LogP contribution < -0.4 is 9.47 Å². The molecule has 69 heavy (non-hydrogen) atoms. The Labute approximate surface area is 416 Å². The lowest BCUT2D eigenvalue weighted by Crippen LogP contribution is -2.53. The van der Waals surface area contributed by atoms with Gasteiger partial charge in [-0.3, -0.25) is 0 Å². The van der Waals surface area contributed by atoms with Gasteiger partial charge in [-0.15, -0.1) is 0 Å². The summed E-state index contributed by atoms with van der Waals surface area (Å²) in [5, 5.41) is 0. The second-order valence-electron chi connectivity index (χ2n) is 20.0. The van der Waals surface area contributed by atoms with Crippen molar-refractivity contribution in [2.75, 3.05) is 13.2 Å². The van der Waals surface area contributed by atoms with Gasteiger partial charge in [0.25, 0.3) is 0 Å². The molecule has 11 rings (SSSR count). The van der Waals surface area contributed by atoms with E-state index in [9.17, 15) is 9.59 Å². The number of hydrogen-bond acceptors (Lipinski definition) is 6. The molecule has 0 amide bonds. The van der Waals surface area contributed by atoms with Crippen molar-refractivity contribution in [3.8, 4) is 11.5 Å². The normalized spacial score (nSPS) is 20.9. The number of rotatable bonds is 15. The van der Waals surface area contributed by atoms with Crippen LogP contribution >= 0.6 is 0 Å². The van der Waals surface area contributed by atoms with Crippen LogP contribution in [-0.4, -0.2) is 36.4 Å². The molecule has 5 fully saturated rings. The van der Waals surface area contributed by atoms with Crippen molar-refractivity contribution in [2.45, 2.75) is 146 Å². The van der Waals surface area contributed by atoms with Crippen molar-refractivity contribution in [3.05, 3.63) is 168 Å². The number of hydrogen-bond donors (Lipinski definition) is 0. The number of ether oxygens (including phenoxy) is 4. The van der Waals surface area contributed by atoms with Crippen molar-refractivity contribution in [1.29, 1.82) is 0 Å². The van der Waals surface area contributed by atoms with Gasteiger partial charge in [-0.1, -0.05) is 92.6 Å². The number of benzene rings is 6. The fraction of sp³-hybridized carbons (Fsp3) is 0.377. The summed E-state index contributed by atoms with van der Waals surface area (Å²) in [7, 11) is -0.445. The van der Waals surface area contributed by atoms with Crippen LogP contribution in [0.15, 0.2) is 175 Å². The zero-order chi connectivity index (χ0) is 48.0. The Bertz CT molecular complexity index is 2520. The Morgan fingerprint density at radius 3 is 1.26 bits per heavy atom. The maximum Gasteiger partial charge on any atom is 0.344 e. The molecule has 5 aliphatic carbocycles. The predicted molar refractivity (Wildman–Crippen MR) is 277 cm³/mol. The molecule has 0 aliphatic heterocycles. The number of carbonyl (C=O) groups excluding carboxylic acids is 2. The maximum absolute atomic E-state index is 12.9. The molecule has 4 bridgehead atoms. The topological polar surface area (TPSA) is 71.1 Å². The molecule has 0 aromatic heterocycles. The lowest BCUT2D eigenvalue weighted by molar-refractivity contribution is -0.188. The molecule has 0 unspecified atom stereocenters. The van der Waals surface area contributed by atoms with Crippen molar-refractivity contribution >= 4 is 33.7 Å². The van der Waals surface area contributed by atoms with Crippen LogP contribution in [0, 0.1) is 45.4 Å². The summed E-state index contributed by atoms with van der Waals surface area (Å²) in [4.78, 5) is 33.1. The molecule has 0 spiro atoms. The molecule has 6 aromatic carbocycles. The third-order valence-electron chi connectivity index (χ3n) is 14.8. The highest BCUT2D eigenvalue weighted by atomic mass is 32.2. The molecule has 0 radical (unpaired) electrons. The monoisotopic (exact) mass is 960 g/mol. The zero-order valence-electron chi connectivity index (χ0n) is 41.0. The van der Waals surface area contributed by atoms with E-state index in [1.165, 1.54) is 61.5 Å². The zero-order valence-corrected chi connectivity index (χ0v) is 42.7. The minimum Gasteiger partial charge on any atom is -0.481 e. The van der Waals surface area contributed by atoms with E-state index in [0.717, 1.165) is 84.3 Å². The molecule has 5 aliphatic rings. The highest BCUT2D eigenvalue weighted by Crippen LogP contribution is 2.57. The van der Waals surface area contributed by atoms with Crippen LogP contribution in [0.25, 0.3) is 0 Å². The van der Waals surface area contributed by atoms with Gasteiger partial charge in [0, 0.05) is 24.3 Å². The summed E-state index contributed by atoms with van der Waals surface area (Å²) >= 11 is 0. The maximum atomic E-state index is 12.9. The SMILES string of the molecule is CCC1(OCC(=O)Oc2c(C)cc([S+](c3ccccc3)c3ccccc3)cc2C)CCCC1.Cc1cc([S+](c2ccccc2)c2ccccc2)cc(C)c1OCC(=O)OC12CC3CC(CC(C3)C1)C2. The summed E-state index contributed by atoms with van der Waals surface area (Å²) in [5.41, 5.74) is 3.67. The van der Waals surface area contributed by atoms with Gasteiger partial charge in [-0.05, 0) is 174 Å². The van der Waals surface area contributed by atoms with Crippen molar-refractivity contribution in [1.82, 2.24) is 0 Å². The summed E-state index contributed by atoms with van der Waals surface area (Å²) in [5.74, 6) is 3.17. The summed E-state index contributed by atoms with van der Waals surface area (Å²) in [6.07, 6.45) is 12.5. The lowest BCUT2D eigenvalue weighted by atomic mass is 9.54. The third-order valence-corrected chi connectivity index (χ3v) is 19.2. The summed E-state index contributed by atoms with van der Waals surface area (Å²) < 4.78 is 24.2. The number of carbonyl (C=O) groups is 2. The lowest BCUT2D eigenvalue weighted by Gasteiger charge is -2.55. The minimum atomic E-state index is -0.321. The Balaban J connectivity index is 0.000000173.